The molecular weight excluding hydrogens is 244 g/mol. The number of rotatable bonds is 0. The van der Waals surface area contributed by atoms with Gasteiger partial charge >= 0.3 is 11.9 Å². The molecule has 0 N–H and O–H groups in total. The summed E-state index contributed by atoms with van der Waals surface area (Å²) in [5, 5.41) is -0.596. The van der Waals surface area contributed by atoms with Gasteiger partial charge in [0.1, 0.15) is 18.6 Å². The fourth-order valence-electron chi connectivity index (χ4n) is 1.79. The van der Waals surface area contributed by atoms with Crippen LogP contribution in [0.4, 0.5) is 0 Å². The average molecular weight is 263 g/mol. The smallest absolute Gasteiger partial charge is 0.324 e. The van der Waals surface area contributed by atoms with E-state index < -0.39 is 11.3 Å². The quantitative estimate of drug-likeness (QED) is 0.496. The second kappa shape index (κ2) is 7.54. The lowest BCUT2D eigenvalue weighted by Crippen LogP contribution is -2.22. The largest absolute Gasteiger partial charge is 0.462 e. The van der Waals surface area contributed by atoms with Gasteiger partial charge in [0, 0.05) is 6.42 Å². The molecule has 1 fully saturated rings. The molecule has 2 atom stereocenters. The predicted octanol–water partition coefficient (Wildman–Crippen LogP) is 2.28. The molecular formula is C12H19ClO4. The Bertz CT molecular complexity index is 267. The van der Waals surface area contributed by atoms with Crippen LogP contribution in [0.1, 0.15) is 39.0 Å². The van der Waals surface area contributed by atoms with Gasteiger partial charge in [-0.2, -0.15) is 0 Å². The molecule has 0 bridgehead atoms. The second-order valence-corrected chi connectivity index (χ2v) is 4.97. The molecule has 2 unspecified atom stereocenters. The topological polar surface area (TPSA) is 52.6 Å². The normalized spacial score (nSPS) is 29.3. The Morgan fingerprint density at radius 3 is 2.65 bits per heavy atom. The number of carbonyl (C=O) groups excluding carboxylic acids is 2. The van der Waals surface area contributed by atoms with Crippen molar-refractivity contribution in [3.8, 4) is 0 Å². The number of alkyl halides is 1. The van der Waals surface area contributed by atoms with Gasteiger partial charge in [-0.25, -0.2) is 0 Å². The highest BCUT2D eigenvalue weighted by atomic mass is 35.5. The summed E-state index contributed by atoms with van der Waals surface area (Å²) >= 11 is 5.95. The van der Waals surface area contributed by atoms with E-state index in [1.807, 2.05) is 0 Å². The summed E-state index contributed by atoms with van der Waals surface area (Å²) in [4.78, 5) is 22.7. The molecule has 0 saturated carbocycles. The van der Waals surface area contributed by atoms with E-state index in [-0.39, 0.29) is 19.2 Å². The SMILES string of the molecule is CC1CCCCC(=O)OCCOC(=O)C(Cl)C1. The number of esters is 2. The lowest BCUT2D eigenvalue weighted by atomic mass is 9.98. The molecule has 0 aromatic heterocycles. The fourth-order valence-corrected chi connectivity index (χ4v) is 2.16. The van der Waals surface area contributed by atoms with Gasteiger partial charge in [0.15, 0.2) is 0 Å². The third-order valence-corrected chi connectivity index (χ3v) is 3.14. The van der Waals surface area contributed by atoms with Crippen LogP contribution in [-0.4, -0.2) is 30.5 Å². The molecule has 1 rings (SSSR count). The molecule has 0 radical (unpaired) electrons. The van der Waals surface area contributed by atoms with Crippen LogP contribution in [0.25, 0.3) is 0 Å². The zero-order valence-corrected chi connectivity index (χ0v) is 10.9. The highest BCUT2D eigenvalue weighted by molar-refractivity contribution is 6.29. The zero-order chi connectivity index (χ0) is 12.7. The van der Waals surface area contributed by atoms with E-state index in [2.05, 4.69) is 6.92 Å². The molecule has 5 heteroatoms. The van der Waals surface area contributed by atoms with Crippen LogP contribution in [0.2, 0.25) is 0 Å². The molecule has 1 aliphatic rings. The Balaban J connectivity index is 2.47. The van der Waals surface area contributed by atoms with E-state index in [1.54, 1.807) is 0 Å². The molecule has 98 valence electrons. The van der Waals surface area contributed by atoms with Crippen LogP contribution >= 0.6 is 11.6 Å². The van der Waals surface area contributed by atoms with E-state index in [1.165, 1.54) is 0 Å². The van der Waals surface area contributed by atoms with Gasteiger partial charge in [-0.1, -0.05) is 19.8 Å². The van der Waals surface area contributed by atoms with Crippen molar-refractivity contribution in [2.75, 3.05) is 13.2 Å². The molecule has 0 aromatic rings. The van der Waals surface area contributed by atoms with Crippen LogP contribution in [-0.2, 0) is 19.1 Å². The molecule has 1 saturated heterocycles. The van der Waals surface area contributed by atoms with Crippen molar-refractivity contribution in [1.82, 2.24) is 0 Å². The van der Waals surface area contributed by atoms with E-state index in [0.29, 0.717) is 18.8 Å². The summed E-state index contributed by atoms with van der Waals surface area (Å²) in [6.45, 7) is 2.26. The monoisotopic (exact) mass is 262 g/mol. The summed E-state index contributed by atoms with van der Waals surface area (Å²) < 4.78 is 9.82. The van der Waals surface area contributed by atoms with Crippen molar-refractivity contribution in [3.05, 3.63) is 0 Å². The maximum absolute atomic E-state index is 11.4. The van der Waals surface area contributed by atoms with E-state index in [0.717, 1.165) is 19.3 Å². The standard InChI is InChI=1S/C12H19ClO4/c1-9-4-2-3-5-11(14)16-6-7-17-12(15)10(13)8-9/h9-10H,2-8H2,1H3. The molecule has 17 heavy (non-hydrogen) atoms. The van der Waals surface area contributed by atoms with E-state index in [9.17, 15) is 9.59 Å². The minimum Gasteiger partial charge on any atom is -0.462 e. The molecule has 0 aliphatic carbocycles. The maximum atomic E-state index is 11.4. The van der Waals surface area contributed by atoms with Gasteiger partial charge in [-0.3, -0.25) is 9.59 Å². The summed E-state index contributed by atoms with van der Waals surface area (Å²) in [6.07, 6.45) is 3.80. The van der Waals surface area contributed by atoms with Crippen LogP contribution in [0.3, 0.4) is 0 Å². The minimum absolute atomic E-state index is 0.0855. The van der Waals surface area contributed by atoms with Crippen LogP contribution in [0.15, 0.2) is 0 Å². The fraction of sp³-hybridized carbons (Fsp3) is 0.833. The van der Waals surface area contributed by atoms with Gasteiger partial charge < -0.3 is 9.47 Å². The van der Waals surface area contributed by atoms with Crippen LogP contribution in [0.5, 0.6) is 0 Å². The molecule has 1 heterocycles. The Morgan fingerprint density at radius 1 is 1.18 bits per heavy atom. The van der Waals surface area contributed by atoms with Crippen molar-refractivity contribution >= 4 is 23.5 Å². The minimum atomic E-state index is -0.596. The second-order valence-electron chi connectivity index (χ2n) is 4.44. The first-order valence-electron chi connectivity index (χ1n) is 6.06. The van der Waals surface area contributed by atoms with E-state index in [4.69, 9.17) is 21.1 Å². The average Bonchev–Trinajstić information content (AvgIpc) is 2.29. The Kier molecular flexibility index (Phi) is 6.34. The van der Waals surface area contributed by atoms with Crippen molar-refractivity contribution in [2.45, 2.75) is 44.4 Å². The van der Waals surface area contributed by atoms with Crippen molar-refractivity contribution in [1.29, 1.82) is 0 Å². The van der Waals surface area contributed by atoms with Crippen molar-refractivity contribution < 1.29 is 19.1 Å². The van der Waals surface area contributed by atoms with Gasteiger partial charge in [-0.15, -0.1) is 11.6 Å². The number of carbonyl (C=O) groups is 2. The van der Waals surface area contributed by atoms with E-state index >= 15 is 0 Å². The highest BCUT2D eigenvalue weighted by Gasteiger charge is 2.20. The Labute approximate surface area is 107 Å². The molecule has 0 aromatic carbocycles. The molecule has 0 spiro atoms. The highest BCUT2D eigenvalue weighted by Crippen LogP contribution is 2.19. The first-order valence-corrected chi connectivity index (χ1v) is 6.49. The Hall–Kier alpha value is -0.770. The first-order chi connectivity index (χ1) is 8.09. The molecule has 4 nitrogen and oxygen atoms in total. The zero-order valence-electron chi connectivity index (χ0n) is 10.1. The lowest BCUT2D eigenvalue weighted by molar-refractivity contribution is -0.152. The maximum Gasteiger partial charge on any atom is 0.324 e. The summed E-state index contributed by atoms with van der Waals surface area (Å²) in [5.41, 5.74) is 0. The van der Waals surface area contributed by atoms with Crippen LogP contribution in [0, 0.1) is 5.92 Å². The third-order valence-electron chi connectivity index (χ3n) is 2.78. The summed E-state index contributed by atoms with van der Waals surface area (Å²) in [7, 11) is 0. The van der Waals surface area contributed by atoms with Gasteiger partial charge in [0.05, 0.1) is 0 Å². The predicted molar refractivity (Wildman–Crippen MR) is 63.8 cm³/mol. The van der Waals surface area contributed by atoms with Gasteiger partial charge in [-0.05, 0) is 18.8 Å². The number of cyclic esters (lactones) is 2. The molecule has 1 aliphatic heterocycles. The number of halogens is 1. The number of ether oxygens (including phenoxy) is 2. The lowest BCUT2D eigenvalue weighted by Gasteiger charge is -2.14. The first kappa shape index (κ1) is 14.3. The molecule has 0 amide bonds. The summed E-state index contributed by atoms with van der Waals surface area (Å²) in [6, 6.07) is 0. The van der Waals surface area contributed by atoms with Gasteiger partial charge in [0.2, 0.25) is 0 Å². The third kappa shape index (κ3) is 5.91. The number of hydrogen-bond acceptors (Lipinski definition) is 4. The van der Waals surface area contributed by atoms with Crippen molar-refractivity contribution in [3.63, 3.8) is 0 Å². The Morgan fingerprint density at radius 2 is 1.88 bits per heavy atom. The number of hydrogen-bond donors (Lipinski definition) is 0. The van der Waals surface area contributed by atoms with Crippen LogP contribution < -0.4 is 0 Å². The van der Waals surface area contributed by atoms with Gasteiger partial charge in [0.25, 0.3) is 0 Å². The van der Waals surface area contributed by atoms with Crippen molar-refractivity contribution in [2.24, 2.45) is 5.92 Å². The summed E-state index contributed by atoms with van der Waals surface area (Å²) in [5.74, 6) is -0.286.